The van der Waals surface area contributed by atoms with Gasteiger partial charge in [-0.05, 0) is 31.0 Å². The van der Waals surface area contributed by atoms with Gasteiger partial charge in [0.25, 0.3) is 0 Å². The molecule has 5 heteroatoms. The molecule has 5 nitrogen and oxygen atoms in total. The third kappa shape index (κ3) is 4.11. The molecule has 116 valence electrons. The molecule has 1 amide bonds. The second-order valence-corrected chi connectivity index (χ2v) is 5.31. The monoisotopic (exact) mass is 292 g/mol. The largest absolute Gasteiger partial charge is 0.493 e. The van der Waals surface area contributed by atoms with E-state index in [0.29, 0.717) is 19.1 Å². The lowest BCUT2D eigenvalue weighted by Crippen LogP contribution is -2.46. The van der Waals surface area contributed by atoms with Crippen molar-refractivity contribution < 1.29 is 14.3 Å². The van der Waals surface area contributed by atoms with Crippen LogP contribution in [0.15, 0.2) is 18.2 Å². The minimum Gasteiger partial charge on any atom is -0.493 e. The van der Waals surface area contributed by atoms with Gasteiger partial charge in [0.15, 0.2) is 11.5 Å². The molecule has 0 radical (unpaired) electrons. The van der Waals surface area contributed by atoms with Gasteiger partial charge in [-0.25, -0.2) is 0 Å². The first-order valence-electron chi connectivity index (χ1n) is 7.41. The zero-order valence-electron chi connectivity index (χ0n) is 13.0. The van der Waals surface area contributed by atoms with Gasteiger partial charge in [-0.1, -0.05) is 6.07 Å². The van der Waals surface area contributed by atoms with E-state index in [1.165, 1.54) is 0 Å². The zero-order valence-corrected chi connectivity index (χ0v) is 13.0. The van der Waals surface area contributed by atoms with Gasteiger partial charge < -0.3 is 19.7 Å². The SMILES string of the molecule is CCOc1ccc(CNC2CCC(=O)N(C)C2)cc1OC. The number of piperidine rings is 1. The first-order valence-corrected chi connectivity index (χ1v) is 7.41. The Morgan fingerprint density at radius 2 is 2.19 bits per heavy atom. The van der Waals surface area contributed by atoms with Crippen molar-refractivity contribution in [2.75, 3.05) is 27.3 Å². The van der Waals surface area contributed by atoms with E-state index in [0.717, 1.165) is 36.6 Å². The molecular weight excluding hydrogens is 268 g/mol. The number of likely N-dealkylation sites (tertiary alicyclic amines) is 1. The Labute approximate surface area is 126 Å². The van der Waals surface area contributed by atoms with Crippen molar-refractivity contribution >= 4 is 5.91 Å². The molecule has 1 saturated heterocycles. The molecule has 0 bridgehead atoms. The van der Waals surface area contributed by atoms with Gasteiger partial charge in [0.2, 0.25) is 5.91 Å². The van der Waals surface area contributed by atoms with Crippen molar-refractivity contribution in [3.8, 4) is 11.5 Å². The van der Waals surface area contributed by atoms with Crippen LogP contribution in [0.1, 0.15) is 25.3 Å². The fraction of sp³-hybridized carbons (Fsp3) is 0.562. The highest BCUT2D eigenvalue weighted by Crippen LogP contribution is 2.28. The summed E-state index contributed by atoms with van der Waals surface area (Å²) in [6.07, 6.45) is 1.53. The van der Waals surface area contributed by atoms with Crippen molar-refractivity contribution in [2.24, 2.45) is 0 Å². The molecule has 1 N–H and O–H groups in total. The molecule has 1 aromatic carbocycles. The maximum Gasteiger partial charge on any atom is 0.222 e. The summed E-state index contributed by atoms with van der Waals surface area (Å²) in [4.78, 5) is 13.3. The quantitative estimate of drug-likeness (QED) is 0.869. The molecule has 0 aliphatic carbocycles. The van der Waals surface area contributed by atoms with Crippen molar-refractivity contribution in [1.82, 2.24) is 10.2 Å². The average molecular weight is 292 g/mol. The van der Waals surface area contributed by atoms with E-state index in [1.807, 2.05) is 32.2 Å². The number of hydrogen-bond acceptors (Lipinski definition) is 4. The summed E-state index contributed by atoms with van der Waals surface area (Å²) in [5.41, 5.74) is 1.15. The van der Waals surface area contributed by atoms with Crippen LogP contribution in [0.2, 0.25) is 0 Å². The Kier molecular flexibility index (Phi) is 5.44. The van der Waals surface area contributed by atoms with Gasteiger partial charge in [-0.3, -0.25) is 4.79 Å². The highest BCUT2D eigenvalue weighted by molar-refractivity contribution is 5.76. The van der Waals surface area contributed by atoms with E-state index in [2.05, 4.69) is 5.32 Å². The summed E-state index contributed by atoms with van der Waals surface area (Å²) in [6.45, 7) is 4.11. The lowest BCUT2D eigenvalue weighted by Gasteiger charge is -2.30. The summed E-state index contributed by atoms with van der Waals surface area (Å²) < 4.78 is 10.9. The Balaban J connectivity index is 1.92. The van der Waals surface area contributed by atoms with Crippen LogP contribution >= 0.6 is 0 Å². The third-order valence-electron chi connectivity index (χ3n) is 3.75. The van der Waals surface area contributed by atoms with E-state index >= 15 is 0 Å². The smallest absolute Gasteiger partial charge is 0.222 e. The third-order valence-corrected chi connectivity index (χ3v) is 3.75. The minimum atomic E-state index is 0.232. The first kappa shape index (κ1) is 15.6. The topological polar surface area (TPSA) is 50.8 Å². The van der Waals surface area contributed by atoms with Crippen LogP contribution in [0.25, 0.3) is 0 Å². The predicted octanol–water partition coefficient (Wildman–Crippen LogP) is 1.80. The Bertz CT molecular complexity index is 490. The number of nitrogens with zero attached hydrogens (tertiary/aromatic N) is 1. The van der Waals surface area contributed by atoms with Crippen molar-refractivity contribution in [1.29, 1.82) is 0 Å². The van der Waals surface area contributed by atoms with Crippen LogP contribution in [0.5, 0.6) is 11.5 Å². The first-order chi connectivity index (χ1) is 10.1. The van der Waals surface area contributed by atoms with Crippen molar-refractivity contribution in [3.05, 3.63) is 23.8 Å². The van der Waals surface area contributed by atoms with Crippen LogP contribution in [0.4, 0.5) is 0 Å². The van der Waals surface area contributed by atoms with E-state index in [-0.39, 0.29) is 5.91 Å². The van der Waals surface area contributed by atoms with Crippen LogP contribution in [-0.2, 0) is 11.3 Å². The summed E-state index contributed by atoms with van der Waals surface area (Å²) in [5.74, 6) is 1.76. The summed E-state index contributed by atoms with van der Waals surface area (Å²) >= 11 is 0. The molecule has 21 heavy (non-hydrogen) atoms. The number of methoxy groups -OCH3 is 1. The van der Waals surface area contributed by atoms with Crippen molar-refractivity contribution in [3.63, 3.8) is 0 Å². The summed E-state index contributed by atoms with van der Waals surface area (Å²) in [7, 11) is 3.51. The van der Waals surface area contributed by atoms with E-state index in [4.69, 9.17) is 9.47 Å². The van der Waals surface area contributed by atoms with Gasteiger partial charge in [-0.2, -0.15) is 0 Å². The number of hydrogen-bond donors (Lipinski definition) is 1. The Hall–Kier alpha value is -1.75. The highest BCUT2D eigenvalue weighted by atomic mass is 16.5. The van der Waals surface area contributed by atoms with E-state index < -0.39 is 0 Å². The Morgan fingerprint density at radius 1 is 1.38 bits per heavy atom. The second-order valence-electron chi connectivity index (χ2n) is 5.31. The highest BCUT2D eigenvalue weighted by Gasteiger charge is 2.22. The Morgan fingerprint density at radius 3 is 2.86 bits per heavy atom. The molecule has 2 rings (SSSR count). The van der Waals surface area contributed by atoms with Crippen LogP contribution in [0, 0.1) is 0 Å². The number of carbonyl (C=O) groups is 1. The molecule has 0 spiro atoms. The number of amides is 1. The lowest BCUT2D eigenvalue weighted by atomic mass is 10.1. The average Bonchev–Trinajstić information content (AvgIpc) is 2.49. The maximum absolute atomic E-state index is 11.5. The van der Waals surface area contributed by atoms with Crippen LogP contribution in [0.3, 0.4) is 0 Å². The lowest BCUT2D eigenvalue weighted by molar-refractivity contribution is -0.132. The van der Waals surface area contributed by atoms with Gasteiger partial charge in [0.05, 0.1) is 13.7 Å². The molecule has 1 heterocycles. The summed E-state index contributed by atoms with van der Waals surface area (Å²) in [5, 5.41) is 3.50. The van der Waals surface area contributed by atoms with Gasteiger partial charge in [0, 0.05) is 32.6 Å². The van der Waals surface area contributed by atoms with Crippen molar-refractivity contribution in [2.45, 2.75) is 32.4 Å². The molecule has 1 aromatic rings. The molecule has 0 aromatic heterocycles. The maximum atomic E-state index is 11.5. The number of rotatable bonds is 6. The van der Waals surface area contributed by atoms with E-state index in [9.17, 15) is 4.79 Å². The molecule has 0 saturated carbocycles. The van der Waals surface area contributed by atoms with Gasteiger partial charge in [-0.15, -0.1) is 0 Å². The molecule has 1 aliphatic rings. The molecule has 1 unspecified atom stereocenters. The number of nitrogens with one attached hydrogen (secondary N) is 1. The van der Waals surface area contributed by atoms with Gasteiger partial charge >= 0.3 is 0 Å². The minimum absolute atomic E-state index is 0.232. The predicted molar refractivity (Wildman–Crippen MR) is 81.7 cm³/mol. The zero-order chi connectivity index (χ0) is 15.2. The van der Waals surface area contributed by atoms with Crippen LogP contribution in [-0.4, -0.2) is 44.2 Å². The van der Waals surface area contributed by atoms with E-state index in [1.54, 1.807) is 12.0 Å². The number of benzene rings is 1. The molecule has 1 atom stereocenters. The normalized spacial score (nSPS) is 18.7. The summed E-state index contributed by atoms with van der Waals surface area (Å²) in [6, 6.07) is 6.33. The fourth-order valence-electron chi connectivity index (χ4n) is 2.54. The number of carbonyl (C=O) groups excluding carboxylic acids is 1. The molecule has 1 fully saturated rings. The molecule has 1 aliphatic heterocycles. The number of likely N-dealkylation sites (N-methyl/N-ethyl adjacent to an activating group) is 1. The fourth-order valence-corrected chi connectivity index (χ4v) is 2.54. The number of ether oxygens (including phenoxy) is 2. The van der Waals surface area contributed by atoms with Crippen LogP contribution < -0.4 is 14.8 Å². The molecular formula is C16H24N2O3. The second kappa shape index (κ2) is 7.31. The van der Waals surface area contributed by atoms with Gasteiger partial charge in [0.1, 0.15) is 0 Å². The standard InChI is InChI=1S/C16H24N2O3/c1-4-21-14-7-5-12(9-15(14)20-3)10-17-13-6-8-16(19)18(2)11-13/h5,7,9,13,17H,4,6,8,10-11H2,1-3H3.